The van der Waals surface area contributed by atoms with Gasteiger partial charge in [-0.1, -0.05) is 37.2 Å². The molecule has 1 heterocycles. The van der Waals surface area contributed by atoms with Crippen molar-refractivity contribution in [3.05, 3.63) is 29.3 Å². The van der Waals surface area contributed by atoms with Gasteiger partial charge in [0.15, 0.2) is 5.82 Å². The molecule has 0 spiro atoms. The van der Waals surface area contributed by atoms with Gasteiger partial charge in [-0.2, -0.15) is 0 Å². The van der Waals surface area contributed by atoms with Gasteiger partial charge in [0.25, 0.3) is 0 Å². The molecule has 0 atom stereocenters. The maximum atomic E-state index is 5.96. The second-order valence-corrected chi connectivity index (χ2v) is 5.83. The molecule has 0 aliphatic heterocycles. The molecule has 17 heavy (non-hydrogen) atoms. The van der Waals surface area contributed by atoms with Crippen LogP contribution in [0.4, 0.5) is 0 Å². The molecule has 0 saturated heterocycles. The Kier molecular flexibility index (Phi) is 3.59. The van der Waals surface area contributed by atoms with Gasteiger partial charge in [0, 0.05) is 15.8 Å². The summed E-state index contributed by atoms with van der Waals surface area (Å²) in [4.78, 5) is 0. The fourth-order valence-corrected chi connectivity index (χ4v) is 2.20. The number of nitrogens with two attached hydrogens (primary N) is 1. The summed E-state index contributed by atoms with van der Waals surface area (Å²) in [6.45, 7) is 4.17. The lowest BCUT2D eigenvalue weighted by Crippen LogP contribution is -2.12. The second-order valence-electron chi connectivity index (χ2n) is 3.85. The van der Waals surface area contributed by atoms with Crippen molar-refractivity contribution in [3.63, 3.8) is 0 Å². The number of hydrogen-bond donors (Lipinski definition) is 1. The van der Waals surface area contributed by atoms with Crippen LogP contribution in [0, 0.1) is 0 Å². The maximum absolute atomic E-state index is 5.96. The molecule has 1 aromatic carbocycles. The van der Waals surface area contributed by atoms with Crippen molar-refractivity contribution in [2.45, 2.75) is 24.3 Å². The molecule has 0 aliphatic rings. The highest BCUT2D eigenvalue weighted by Gasteiger charge is 2.12. The number of rotatable bonds is 3. The Hall–Kier alpha value is -1.20. The normalized spacial score (nSPS) is 11.1. The quantitative estimate of drug-likeness (QED) is 0.687. The first-order valence-corrected chi connectivity index (χ1v) is 6.47. The number of benzene rings is 1. The predicted octanol–water partition coefficient (Wildman–Crippen LogP) is 2.81. The van der Waals surface area contributed by atoms with Gasteiger partial charge in [-0.3, -0.25) is 0 Å². The van der Waals surface area contributed by atoms with Crippen LogP contribution >= 0.6 is 23.4 Å². The standard InChI is InChI=1S/C11H13ClN4S/c1-7(2)17-11-15-14-10(16(11)13)8-3-5-9(12)6-4-8/h3-7H,13H2,1-2H3. The zero-order valence-electron chi connectivity index (χ0n) is 9.59. The Balaban J connectivity index is 2.33. The van der Waals surface area contributed by atoms with Crippen molar-refractivity contribution in [1.82, 2.24) is 14.9 Å². The summed E-state index contributed by atoms with van der Waals surface area (Å²) in [5.74, 6) is 6.60. The summed E-state index contributed by atoms with van der Waals surface area (Å²) < 4.78 is 1.51. The molecule has 2 aromatic rings. The third-order valence-electron chi connectivity index (χ3n) is 2.11. The molecule has 1 aromatic heterocycles. The van der Waals surface area contributed by atoms with Gasteiger partial charge in [-0.15, -0.1) is 10.2 Å². The van der Waals surface area contributed by atoms with Crippen LogP contribution in [0.1, 0.15) is 13.8 Å². The Morgan fingerprint density at radius 2 is 1.88 bits per heavy atom. The van der Waals surface area contributed by atoms with Crippen LogP contribution in [0.5, 0.6) is 0 Å². The topological polar surface area (TPSA) is 56.7 Å². The van der Waals surface area contributed by atoms with Crippen molar-refractivity contribution in [1.29, 1.82) is 0 Å². The molecule has 0 fully saturated rings. The molecular formula is C11H13ClN4S. The largest absolute Gasteiger partial charge is 0.335 e. The lowest BCUT2D eigenvalue weighted by atomic mass is 10.2. The van der Waals surface area contributed by atoms with E-state index >= 15 is 0 Å². The van der Waals surface area contributed by atoms with Crippen molar-refractivity contribution in [2.75, 3.05) is 5.84 Å². The lowest BCUT2D eigenvalue weighted by Gasteiger charge is -2.05. The average molecular weight is 269 g/mol. The van der Waals surface area contributed by atoms with Crippen molar-refractivity contribution >= 4 is 23.4 Å². The molecule has 0 radical (unpaired) electrons. The highest BCUT2D eigenvalue weighted by atomic mass is 35.5. The minimum Gasteiger partial charge on any atom is -0.335 e. The molecular weight excluding hydrogens is 256 g/mol. The maximum Gasteiger partial charge on any atom is 0.210 e. The highest BCUT2D eigenvalue weighted by Crippen LogP contribution is 2.24. The van der Waals surface area contributed by atoms with Gasteiger partial charge < -0.3 is 5.84 Å². The van der Waals surface area contributed by atoms with Crippen LogP contribution in [0.3, 0.4) is 0 Å². The van der Waals surface area contributed by atoms with Crippen LogP contribution in [-0.2, 0) is 0 Å². The summed E-state index contributed by atoms with van der Waals surface area (Å²) in [5, 5.41) is 9.98. The lowest BCUT2D eigenvalue weighted by molar-refractivity contribution is 0.844. The minimum absolute atomic E-state index is 0.416. The first kappa shape index (κ1) is 12.3. The first-order chi connectivity index (χ1) is 8.08. The minimum atomic E-state index is 0.416. The fraction of sp³-hybridized carbons (Fsp3) is 0.273. The highest BCUT2D eigenvalue weighted by molar-refractivity contribution is 7.99. The van der Waals surface area contributed by atoms with Crippen LogP contribution in [0.2, 0.25) is 5.02 Å². The van der Waals surface area contributed by atoms with Gasteiger partial charge in [0.05, 0.1) is 0 Å². The molecule has 2 rings (SSSR count). The van der Waals surface area contributed by atoms with E-state index in [0.29, 0.717) is 21.3 Å². The van der Waals surface area contributed by atoms with Crippen molar-refractivity contribution < 1.29 is 0 Å². The number of aromatic nitrogens is 3. The molecule has 2 N–H and O–H groups in total. The number of hydrogen-bond acceptors (Lipinski definition) is 4. The Morgan fingerprint density at radius 3 is 2.47 bits per heavy atom. The summed E-state index contributed by atoms with van der Waals surface area (Å²) in [7, 11) is 0. The molecule has 0 amide bonds. The van der Waals surface area contributed by atoms with Crippen molar-refractivity contribution in [3.8, 4) is 11.4 Å². The van der Waals surface area contributed by atoms with E-state index in [-0.39, 0.29) is 0 Å². The SMILES string of the molecule is CC(C)Sc1nnc(-c2ccc(Cl)cc2)n1N. The van der Waals surface area contributed by atoms with Crippen LogP contribution in [0.15, 0.2) is 29.4 Å². The first-order valence-electron chi connectivity index (χ1n) is 5.21. The molecule has 90 valence electrons. The zero-order valence-corrected chi connectivity index (χ0v) is 11.2. The summed E-state index contributed by atoms with van der Waals surface area (Å²) >= 11 is 7.42. The molecule has 0 bridgehead atoms. The van der Waals surface area contributed by atoms with E-state index < -0.39 is 0 Å². The van der Waals surface area contributed by atoms with Crippen molar-refractivity contribution in [2.24, 2.45) is 0 Å². The third-order valence-corrected chi connectivity index (χ3v) is 3.32. The van der Waals surface area contributed by atoms with Crippen LogP contribution in [-0.4, -0.2) is 20.1 Å². The van der Waals surface area contributed by atoms with E-state index in [0.717, 1.165) is 5.56 Å². The van der Waals surface area contributed by atoms with E-state index in [1.54, 1.807) is 23.9 Å². The van der Waals surface area contributed by atoms with E-state index in [1.165, 1.54) is 4.68 Å². The molecule has 0 saturated carbocycles. The Bertz CT molecular complexity index is 507. The van der Waals surface area contributed by atoms with Gasteiger partial charge in [-0.05, 0) is 24.3 Å². The Labute approximate surface area is 109 Å². The third kappa shape index (κ3) is 2.73. The Morgan fingerprint density at radius 1 is 1.24 bits per heavy atom. The predicted molar refractivity (Wildman–Crippen MR) is 71.6 cm³/mol. The van der Waals surface area contributed by atoms with Crippen LogP contribution < -0.4 is 5.84 Å². The molecule has 4 nitrogen and oxygen atoms in total. The van der Waals surface area contributed by atoms with E-state index in [9.17, 15) is 0 Å². The van der Waals surface area contributed by atoms with Gasteiger partial charge in [0.2, 0.25) is 5.16 Å². The smallest absolute Gasteiger partial charge is 0.210 e. The van der Waals surface area contributed by atoms with E-state index in [4.69, 9.17) is 17.4 Å². The summed E-state index contributed by atoms with van der Waals surface area (Å²) in [6.07, 6.45) is 0. The number of nitrogen functional groups attached to an aromatic ring is 1. The van der Waals surface area contributed by atoms with E-state index in [2.05, 4.69) is 24.0 Å². The molecule has 0 aliphatic carbocycles. The van der Waals surface area contributed by atoms with Gasteiger partial charge in [0.1, 0.15) is 0 Å². The zero-order chi connectivity index (χ0) is 12.4. The number of nitrogens with zero attached hydrogens (tertiary/aromatic N) is 3. The second kappa shape index (κ2) is 4.98. The molecule has 6 heteroatoms. The monoisotopic (exact) mass is 268 g/mol. The van der Waals surface area contributed by atoms with Crippen LogP contribution in [0.25, 0.3) is 11.4 Å². The molecule has 0 unspecified atom stereocenters. The number of halogens is 1. The summed E-state index contributed by atoms with van der Waals surface area (Å²) in [6, 6.07) is 7.36. The van der Waals surface area contributed by atoms with E-state index in [1.807, 2.05) is 12.1 Å². The van der Waals surface area contributed by atoms with Gasteiger partial charge in [-0.25, -0.2) is 4.68 Å². The summed E-state index contributed by atoms with van der Waals surface area (Å²) in [5.41, 5.74) is 0.903. The number of thioether (sulfide) groups is 1. The average Bonchev–Trinajstić information content (AvgIpc) is 2.61. The fourth-order valence-electron chi connectivity index (χ4n) is 1.36. The van der Waals surface area contributed by atoms with Gasteiger partial charge >= 0.3 is 0 Å².